The molecule has 1 rings (SSSR count). The van der Waals surface area contributed by atoms with Crippen molar-refractivity contribution in [2.75, 3.05) is 25.4 Å². The SMILES string of the molecule is C=CCN(CCSc1ccccc1F)CC(=O)O. The molecule has 1 aromatic carbocycles. The quantitative estimate of drug-likeness (QED) is 0.581. The maximum Gasteiger partial charge on any atom is 0.317 e. The molecule has 0 spiro atoms. The van der Waals surface area contributed by atoms with E-state index < -0.39 is 5.97 Å². The summed E-state index contributed by atoms with van der Waals surface area (Å²) in [5, 5.41) is 8.73. The van der Waals surface area contributed by atoms with E-state index in [1.165, 1.54) is 17.8 Å². The molecule has 0 aliphatic heterocycles. The van der Waals surface area contributed by atoms with Crippen molar-refractivity contribution in [3.8, 4) is 0 Å². The van der Waals surface area contributed by atoms with Gasteiger partial charge in [0.2, 0.25) is 0 Å². The Hall–Kier alpha value is -1.33. The predicted octanol–water partition coefficient (Wildman–Crippen LogP) is 2.49. The molecule has 0 bridgehead atoms. The van der Waals surface area contributed by atoms with Gasteiger partial charge in [-0.3, -0.25) is 9.69 Å². The lowest BCUT2D eigenvalue weighted by Gasteiger charge is -2.17. The highest BCUT2D eigenvalue weighted by Crippen LogP contribution is 2.20. The summed E-state index contributed by atoms with van der Waals surface area (Å²) in [4.78, 5) is 13.0. The maximum atomic E-state index is 13.3. The van der Waals surface area contributed by atoms with Crippen molar-refractivity contribution in [2.24, 2.45) is 0 Å². The molecular formula is C13H16FNO2S. The Labute approximate surface area is 110 Å². The third-order valence-corrected chi connectivity index (χ3v) is 3.28. The summed E-state index contributed by atoms with van der Waals surface area (Å²) in [6, 6.07) is 6.56. The molecule has 1 N–H and O–H groups in total. The molecule has 0 aliphatic carbocycles. The fraction of sp³-hybridized carbons (Fsp3) is 0.308. The normalized spacial score (nSPS) is 10.6. The van der Waals surface area contributed by atoms with Gasteiger partial charge in [0.1, 0.15) is 5.82 Å². The molecule has 18 heavy (non-hydrogen) atoms. The first kappa shape index (κ1) is 14.7. The number of hydrogen-bond acceptors (Lipinski definition) is 3. The van der Waals surface area contributed by atoms with Gasteiger partial charge in [0.15, 0.2) is 0 Å². The van der Waals surface area contributed by atoms with Gasteiger partial charge in [-0.05, 0) is 12.1 Å². The van der Waals surface area contributed by atoms with Gasteiger partial charge in [-0.25, -0.2) is 4.39 Å². The summed E-state index contributed by atoms with van der Waals surface area (Å²) in [7, 11) is 0. The van der Waals surface area contributed by atoms with E-state index in [2.05, 4.69) is 6.58 Å². The average molecular weight is 269 g/mol. The lowest BCUT2D eigenvalue weighted by Crippen LogP contribution is -2.31. The van der Waals surface area contributed by atoms with Crippen LogP contribution in [0.2, 0.25) is 0 Å². The van der Waals surface area contributed by atoms with Gasteiger partial charge >= 0.3 is 5.97 Å². The summed E-state index contributed by atoms with van der Waals surface area (Å²) < 4.78 is 13.3. The van der Waals surface area contributed by atoms with Crippen molar-refractivity contribution in [3.05, 3.63) is 42.7 Å². The van der Waals surface area contributed by atoms with Crippen LogP contribution in [0.15, 0.2) is 41.8 Å². The third kappa shape index (κ3) is 5.33. The molecule has 0 aromatic heterocycles. The summed E-state index contributed by atoms with van der Waals surface area (Å²) >= 11 is 1.38. The number of carboxylic acids is 1. The second kappa shape index (κ2) is 7.89. The molecule has 0 aliphatic rings. The summed E-state index contributed by atoms with van der Waals surface area (Å²) in [6.45, 7) is 4.66. The van der Waals surface area contributed by atoms with Crippen LogP contribution in [0.3, 0.4) is 0 Å². The maximum absolute atomic E-state index is 13.3. The van der Waals surface area contributed by atoms with E-state index in [-0.39, 0.29) is 12.4 Å². The van der Waals surface area contributed by atoms with Crippen LogP contribution in [-0.2, 0) is 4.79 Å². The van der Waals surface area contributed by atoms with Crippen LogP contribution in [0.25, 0.3) is 0 Å². The summed E-state index contributed by atoms with van der Waals surface area (Å²) in [6.07, 6.45) is 1.66. The highest BCUT2D eigenvalue weighted by Gasteiger charge is 2.08. The van der Waals surface area contributed by atoms with Crippen LogP contribution in [0.5, 0.6) is 0 Å². The standard InChI is InChI=1S/C13H16FNO2S/c1-2-7-15(10-13(16)17)8-9-18-12-6-4-3-5-11(12)14/h2-6H,1,7-10H2,(H,16,17). The number of rotatable bonds is 8. The fourth-order valence-electron chi connectivity index (χ4n) is 1.46. The Morgan fingerprint density at radius 3 is 2.83 bits per heavy atom. The fourth-order valence-corrected chi connectivity index (χ4v) is 2.41. The van der Waals surface area contributed by atoms with Gasteiger partial charge in [-0.15, -0.1) is 18.3 Å². The van der Waals surface area contributed by atoms with Crippen LogP contribution in [0, 0.1) is 5.82 Å². The first-order chi connectivity index (χ1) is 8.63. The van der Waals surface area contributed by atoms with Crippen LogP contribution < -0.4 is 0 Å². The zero-order valence-corrected chi connectivity index (χ0v) is 10.8. The minimum atomic E-state index is -0.868. The molecule has 0 heterocycles. The van der Waals surface area contributed by atoms with E-state index in [1.807, 2.05) is 0 Å². The topological polar surface area (TPSA) is 40.5 Å². The number of carboxylic acid groups (broad SMARTS) is 1. The third-order valence-electron chi connectivity index (χ3n) is 2.25. The van der Waals surface area contributed by atoms with E-state index in [0.717, 1.165) is 0 Å². The molecule has 0 saturated carbocycles. The van der Waals surface area contributed by atoms with Crippen molar-refractivity contribution in [2.45, 2.75) is 4.90 Å². The van der Waals surface area contributed by atoms with E-state index in [1.54, 1.807) is 29.2 Å². The molecule has 98 valence electrons. The minimum absolute atomic E-state index is 0.0240. The molecular weight excluding hydrogens is 253 g/mol. The molecule has 0 radical (unpaired) electrons. The van der Waals surface area contributed by atoms with E-state index in [0.29, 0.717) is 23.7 Å². The van der Waals surface area contributed by atoms with Crippen LogP contribution in [0.4, 0.5) is 4.39 Å². The highest BCUT2D eigenvalue weighted by molar-refractivity contribution is 7.99. The van der Waals surface area contributed by atoms with Gasteiger partial charge in [0.25, 0.3) is 0 Å². The Kier molecular flexibility index (Phi) is 6.46. The van der Waals surface area contributed by atoms with Gasteiger partial charge in [-0.2, -0.15) is 0 Å². The molecule has 0 unspecified atom stereocenters. The number of hydrogen-bond donors (Lipinski definition) is 1. The first-order valence-corrected chi connectivity index (χ1v) is 6.54. The van der Waals surface area contributed by atoms with Crippen molar-refractivity contribution >= 4 is 17.7 Å². The second-order valence-corrected chi connectivity index (χ2v) is 4.83. The molecule has 3 nitrogen and oxygen atoms in total. The second-order valence-electron chi connectivity index (χ2n) is 3.70. The van der Waals surface area contributed by atoms with Crippen molar-refractivity contribution in [3.63, 3.8) is 0 Å². The van der Waals surface area contributed by atoms with Crippen LogP contribution in [0.1, 0.15) is 0 Å². The van der Waals surface area contributed by atoms with E-state index in [4.69, 9.17) is 5.11 Å². The predicted molar refractivity (Wildman–Crippen MR) is 71.4 cm³/mol. The zero-order valence-electron chi connectivity index (χ0n) is 10.0. The summed E-state index contributed by atoms with van der Waals surface area (Å²) in [5.74, 6) is -0.467. The molecule has 0 fully saturated rings. The molecule has 5 heteroatoms. The molecule has 0 amide bonds. The highest BCUT2D eigenvalue weighted by atomic mass is 32.2. The van der Waals surface area contributed by atoms with Gasteiger partial charge < -0.3 is 5.11 Å². The largest absolute Gasteiger partial charge is 0.480 e. The number of aliphatic carboxylic acids is 1. The number of benzene rings is 1. The minimum Gasteiger partial charge on any atom is -0.480 e. The Morgan fingerprint density at radius 2 is 2.22 bits per heavy atom. The average Bonchev–Trinajstić information content (AvgIpc) is 2.31. The van der Waals surface area contributed by atoms with Crippen molar-refractivity contribution < 1.29 is 14.3 Å². The van der Waals surface area contributed by atoms with Crippen molar-refractivity contribution in [1.29, 1.82) is 0 Å². The number of carbonyl (C=O) groups is 1. The van der Waals surface area contributed by atoms with E-state index >= 15 is 0 Å². The van der Waals surface area contributed by atoms with Crippen LogP contribution in [-0.4, -0.2) is 41.4 Å². The Balaban J connectivity index is 2.41. The first-order valence-electron chi connectivity index (χ1n) is 5.56. The Bertz CT molecular complexity index is 412. The number of nitrogens with zero attached hydrogens (tertiary/aromatic N) is 1. The lowest BCUT2D eigenvalue weighted by molar-refractivity contribution is -0.138. The van der Waals surface area contributed by atoms with Crippen molar-refractivity contribution in [1.82, 2.24) is 4.90 Å². The molecule has 0 saturated heterocycles. The Morgan fingerprint density at radius 1 is 1.50 bits per heavy atom. The summed E-state index contributed by atoms with van der Waals surface area (Å²) in [5.41, 5.74) is 0. The number of halogens is 1. The van der Waals surface area contributed by atoms with E-state index in [9.17, 15) is 9.18 Å². The molecule has 0 atom stereocenters. The smallest absolute Gasteiger partial charge is 0.317 e. The molecule has 1 aromatic rings. The van der Waals surface area contributed by atoms with Gasteiger partial charge in [0.05, 0.1) is 6.54 Å². The zero-order chi connectivity index (χ0) is 13.4. The lowest BCUT2D eigenvalue weighted by atomic mass is 10.3. The monoisotopic (exact) mass is 269 g/mol. The van der Waals surface area contributed by atoms with Gasteiger partial charge in [0, 0.05) is 23.7 Å². The number of thioether (sulfide) groups is 1. The van der Waals surface area contributed by atoms with Crippen LogP contribution >= 0.6 is 11.8 Å². The van der Waals surface area contributed by atoms with Gasteiger partial charge in [-0.1, -0.05) is 18.2 Å².